The molecule has 0 aliphatic carbocycles. The largest absolute Gasteiger partial charge is 0.383 e. The van der Waals surface area contributed by atoms with Crippen LogP contribution in [0.1, 0.15) is 5.69 Å². The number of halogens is 1. The smallest absolute Gasteiger partial charge is 0.262 e. The molecule has 3 aromatic rings. The highest BCUT2D eigenvalue weighted by Crippen LogP contribution is 2.20. The van der Waals surface area contributed by atoms with Crippen molar-refractivity contribution in [2.75, 3.05) is 19.5 Å². The zero-order valence-electron chi connectivity index (χ0n) is 15.2. The van der Waals surface area contributed by atoms with Crippen LogP contribution >= 0.6 is 23.4 Å². The number of nitrogens with one attached hydrogen (secondary N) is 1. The van der Waals surface area contributed by atoms with Crippen molar-refractivity contribution >= 4 is 40.2 Å². The zero-order valence-corrected chi connectivity index (χ0v) is 16.8. The Kier molecular flexibility index (Phi) is 7.02. The molecule has 0 saturated heterocycles. The molecule has 0 bridgehead atoms. The number of thioether (sulfide) groups is 1. The maximum absolute atomic E-state index is 12.8. The van der Waals surface area contributed by atoms with Gasteiger partial charge in [0.25, 0.3) is 5.56 Å². The molecule has 3 rings (SSSR count). The lowest BCUT2D eigenvalue weighted by atomic mass is 10.2. The number of fused-ring (bicyclic) bond motifs is 1. The number of methoxy groups -OCH3 is 1. The first-order valence-electron chi connectivity index (χ1n) is 8.57. The van der Waals surface area contributed by atoms with Gasteiger partial charge in [-0.05, 0) is 30.3 Å². The third-order valence-electron chi connectivity index (χ3n) is 3.93. The van der Waals surface area contributed by atoms with Crippen molar-refractivity contribution in [3.8, 4) is 0 Å². The molecule has 0 fully saturated rings. The quantitative estimate of drug-likeness (QED) is 0.447. The van der Waals surface area contributed by atoms with E-state index in [-0.39, 0.29) is 17.2 Å². The van der Waals surface area contributed by atoms with Gasteiger partial charge >= 0.3 is 0 Å². The molecule has 2 aromatic heterocycles. The lowest BCUT2D eigenvalue weighted by molar-refractivity contribution is -0.118. The maximum Gasteiger partial charge on any atom is 0.262 e. The highest BCUT2D eigenvalue weighted by Gasteiger charge is 2.13. The molecule has 28 heavy (non-hydrogen) atoms. The zero-order chi connectivity index (χ0) is 19.9. The van der Waals surface area contributed by atoms with Crippen molar-refractivity contribution in [3.63, 3.8) is 0 Å². The second-order valence-electron chi connectivity index (χ2n) is 5.89. The van der Waals surface area contributed by atoms with Gasteiger partial charge in [-0.25, -0.2) is 4.98 Å². The number of pyridine rings is 1. The molecule has 146 valence electrons. The molecule has 2 heterocycles. The average Bonchev–Trinajstić information content (AvgIpc) is 2.70. The van der Waals surface area contributed by atoms with Crippen LogP contribution in [0.4, 0.5) is 0 Å². The summed E-state index contributed by atoms with van der Waals surface area (Å²) < 4.78 is 6.62. The Morgan fingerprint density at radius 2 is 2.18 bits per heavy atom. The molecule has 1 aromatic carbocycles. The van der Waals surface area contributed by atoms with Gasteiger partial charge in [0.15, 0.2) is 5.16 Å². The van der Waals surface area contributed by atoms with Gasteiger partial charge in [0.2, 0.25) is 5.91 Å². The van der Waals surface area contributed by atoms with E-state index in [1.807, 2.05) is 18.2 Å². The average molecular weight is 419 g/mol. The second kappa shape index (κ2) is 9.68. The minimum atomic E-state index is -0.185. The number of ether oxygens (including phenoxy) is 1. The van der Waals surface area contributed by atoms with Crippen molar-refractivity contribution in [1.82, 2.24) is 19.9 Å². The van der Waals surface area contributed by atoms with Gasteiger partial charge in [0, 0.05) is 18.3 Å². The Labute approximate surface area is 171 Å². The fraction of sp³-hybridized carbons (Fsp3) is 0.263. The van der Waals surface area contributed by atoms with Crippen LogP contribution in [0.2, 0.25) is 5.02 Å². The first kappa shape index (κ1) is 20.3. The number of nitrogens with zero attached hydrogens (tertiary/aromatic N) is 3. The summed E-state index contributed by atoms with van der Waals surface area (Å²) in [6.45, 7) is 1.05. The van der Waals surface area contributed by atoms with Crippen molar-refractivity contribution in [1.29, 1.82) is 0 Å². The van der Waals surface area contributed by atoms with E-state index >= 15 is 0 Å². The second-order valence-corrected chi connectivity index (χ2v) is 7.27. The summed E-state index contributed by atoms with van der Waals surface area (Å²) in [4.78, 5) is 33.7. The molecule has 1 amide bonds. The molecule has 0 aliphatic rings. The van der Waals surface area contributed by atoms with Crippen LogP contribution in [0.15, 0.2) is 52.5 Å². The summed E-state index contributed by atoms with van der Waals surface area (Å²) >= 11 is 7.22. The highest BCUT2D eigenvalue weighted by molar-refractivity contribution is 7.99. The van der Waals surface area contributed by atoms with Gasteiger partial charge in [-0.15, -0.1) is 0 Å². The summed E-state index contributed by atoms with van der Waals surface area (Å²) in [5.41, 5.74) is 1.09. The van der Waals surface area contributed by atoms with Gasteiger partial charge in [0.05, 0.1) is 42.0 Å². The van der Waals surface area contributed by atoms with Gasteiger partial charge in [0.1, 0.15) is 0 Å². The number of aromatic nitrogens is 3. The number of hydrogen-bond acceptors (Lipinski definition) is 6. The third-order valence-corrected chi connectivity index (χ3v) is 5.14. The summed E-state index contributed by atoms with van der Waals surface area (Å²) in [6, 6.07) is 10.5. The third kappa shape index (κ3) is 5.09. The maximum atomic E-state index is 12.8. The fourth-order valence-electron chi connectivity index (χ4n) is 2.54. The Bertz CT molecular complexity index is 1030. The van der Waals surface area contributed by atoms with E-state index in [0.717, 1.165) is 5.69 Å². The predicted octanol–water partition coefficient (Wildman–Crippen LogP) is 2.50. The van der Waals surface area contributed by atoms with Crippen LogP contribution in [0.3, 0.4) is 0 Å². The number of carbonyl (C=O) groups excluding carboxylic acids is 1. The molecule has 0 aliphatic heterocycles. The lowest BCUT2D eigenvalue weighted by Crippen LogP contribution is -2.27. The van der Waals surface area contributed by atoms with E-state index in [2.05, 4.69) is 15.3 Å². The van der Waals surface area contributed by atoms with E-state index in [0.29, 0.717) is 40.8 Å². The van der Waals surface area contributed by atoms with E-state index in [1.165, 1.54) is 16.3 Å². The molecular weight excluding hydrogens is 400 g/mol. The normalized spacial score (nSPS) is 10.9. The van der Waals surface area contributed by atoms with Crippen LogP contribution in [-0.2, 0) is 22.6 Å². The van der Waals surface area contributed by atoms with E-state index in [9.17, 15) is 9.59 Å². The van der Waals surface area contributed by atoms with Crippen molar-refractivity contribution in [3.05, 3.63) is 63.7 Å². The summed E-state index contributed by atoms with van der Waals surface area (Å²) in [6.07, 6.45) is 1.68. The highest BCUT2D eigenvalue weighted by atomic mass is 35.5. The Morgan fingerprint density at radius 3 is 2.93 bits per heavy atom. The fourth-order valence-corrected chi connectivity index (χ4v) is 3.56. The van der Waals surface area contributed by atoms with Crippen molar-refractivity contribution in [2.45, 2.75) is 18.2 Å². The minimum Gasteiger partial charge on any atom is -0.383 e. The summed E-state index contributed by atoms with van der Waals surface area (Å²) in [5.74, 6) is -0.0485. The van der Waals surface area contributed by atoms with Crippen LogP contribution in [-0.4, -0.2) is 39.9 Å². The van der Waals surface area contributed by atoms with E-state index in [4.69, 9.17) is 16.3 Å². The number of carbonyl (C=O) groups is 1. The molecule has 0 unspecified atom stereocenters. The van der Waals surface area contributed by atoms with Crippen LogP contribution in [0, 0.1) is 0 Å². The van der Waals surface area contributed by atoms with Crippen LogP contribution in [0.5, 0.6) is 0 Å². The van der Waals surface area contributed by atoms with E-state index in [1.54, 1.807) is 31.5 Å². The van der Waals surface area contributed by atoms with Crippen molar-refractivity contribution < 1.29 is 9.53 Å². The number of amides is 1. The molecule has 0 saturated carbocycles. The standard InChI is InChI=1S/C19H19ClN4O3S/c1-27-9-8-24-18(26)15-6-5-13(20)10-16(15)23-19(24)28-12-17(25)22-11-14-4-2-3-7-21-14/h2-7,10H,8-9,11-12H2,1H3,(H,22,25). The Morgan fingerprint density at radius 1 is 1.32 bits per heavy atom. The van der Waals surface area contributed by atoms with Gasteiger partial charge in [-0.1, -0.05) is 29.4 Å². The Balaban J connectivity index is 1.76. The predicted molar refractivity (Wildman–Crippen MR) is 110 cm³/mol. The number of benzene rings is 1. The molecule has 0 atom stereocenters. The molecule has 1 N–H and O–H groups in total. The molecule has 0 spiro atoms. The molecular formula is C19H19ClN4O3S. The Hall–Kier alpha value is -2.42. The molecule has 9 heteroatoms. The number of hydrogen-bond donors (Lipinski definition) is 1. The molecule has 7 nitrogen and oxygen atoms in total. The van der Waals surface area contributed by atoms with Gasteiger partial charge in [-0.2, -0.15) is 0 Å². The minimum absolute atomic E-state index is 0.123. The lowest BCUT2D eigenvalue weighted by Gasteiger charge is -2.13. The van der Waals surface area contributed by atoms with Gasteiger partial charge < -0.3 is 10.1 Å². The monoisotopic (exact) mass is 418 g/mol. The summed E-state index contributed by atoms with van der Waals surface area (Å²) in [7, 11) is 1.57. The molecule has 0 radical (unpaired) electrons. The topological polar surface area (TPSA) is 86.1 Å². The summed E-state index contributed by atoms with van der Waals surface area (Å²) in [5, 5.41) is 4.23. The number of rotatable bonds is 8. The first-order valence-corrected chi connectivity index (χ1v) is 9.93. The first-order chi connectivity index (χ1) is 13.6. The van der Waals surface area contributed by atoms with Crippen LogP contribution in [0.25, 0.3) is 10.9 Å². The van der Waals surface area contributed by atoms with E-state index < -0.39 is 0 Å². The van der Waals surface area contributed by atoms with Crippen LogP contribution < -0.4 is 10.9 Å². The van der Waals surface area contributed by atoms with Crippen molar-refractivity contribution in [2.24, 2.45) is 0 Å². The van der Waals surface area contributed by atoms with Gasteiger partial charge in [-0.3, -0.25) is 19.1 Å². The SMILES string of the molecule is COCCn1c(SCC(=O)NCc2ccccn2)nc2cc(Cl)ccc2c1=O.